The van der Waals surface area contributed by atoms with Crippen LogP contribution in [0.25, 0.3) is 0 Å². The Labute approximate surface area is 159 Å². The summed E-state index contributed by atoms with van der Waals surface area (Å²) in [6, 6.07) is 5.21. The minimum atomic E-state index is -0.650. The Morgan fingerprint density at radius 3 is 2.78 bits per heavy atom. The molecule has 3 amide bonds. The van der Waals surface area contributed by atoms with Gasteiger partial charge in [-0.2, -0.15) is 4.39 Å². The van der Waals surface area contributed by atoms with E-state index in [0.29, 0.717) is 16.9 Å². The monoisotopic (exact) mass is 398 g/mol. The molecule has 1 heterocycles. The highest BCUT2D eigenvalue weighted by molar-refractivity contribution is 7.14. The summed E-state index contributed by atoms with van der Waals surface area (Å²) in [4.78, 5) is 29.2. The van der Waals surface area contributed by atoms with E-state index < -0.39 is 23.1 Å². The van der Waals surface area contributed by atoms with Crippen molar-refractivity contribution in [2.45, 2.75) is 26.1 Å². The predicted molar refractivity (Wildman–Crippen MR) is 97.3 cm³/mol. The average molecular weight is 398 g/mol. The number of aromatic nitrogens is 1. The molecule has 1 atom stereocenters. The number of ether oxygens (including phenoxy) is 1. The van der Waals surface area contributed by atoms with Crippen molar-refractivity contribution in [2.75, 3.05) is 19.5 Å². The molecule has 0 bridgehead atoms. The summed E-state index contributed by atoms with van der Waals surface area (Å²) in [5, 5.41) is 4.41. The summed E-state index contributed by atoms with van der Waals surface area (Å²) in [6.07, 6.45) is -0.650. The lowest BCUT2D eigenvalue weighted by atomic mass is 10.2. The van der Waals surface area contributed by atoms with E-state index in [0.717, 1.165) is 0 Å². The molecule has 0 aliphatic rings. The van der Waals surface area contributed by atoms with Gasteiger partial charge in [0.1, 0.15) is 17.6 Å². The lowest BCUT2D eigenvalue weighted by molar-refractivity contribution is -0.140. The second kappa shape index (κ2) is 9.38. The standard InChI is InChI=1S/C17H20F2N4O3S/c1-10(26-3)15(24)23(2)9-13-14(19)27-17(21-13)22-16(25)20-8-11-5-4-6-12(18)7-11/h4-7,10H,8-9H2,1-3H3,(H2,20,21,22,25). The van der Waals surface area contributed by atoms with Gasteiger partial charge < -0.3 is 15.0 Å². The van der Waals surface area contributed by atoms with Crippen molar-refractivity contribution in [3.63, 3.8) is 0 Å². The number of rotatable bonds is 7. The lowest BCUT2D eigenvalue weighted by Crippen LogP contribution is -2.35. The zero-order valence-electron chi connectivity index (χ0n) is 15.1. The maximum atomic E-state index is 14.0. The zero-order chi connectivity index (χ0) is 20.0. The molecule has 1 unspecified atom stereocenters. The number of thiazole rings is 1. The molecule has 0 fully saturated rings. The van der Waals surface area contributed by atoms with Crippen LogP contribution in [0.5, 0.6) is 0 Å². The Hall–Kier alpha value is -2.59. The molecule has 0 aliphatic heterocycles. The minimum absolute atomic E-state index is 0.0413. The predicted octanol–water partition coefficient (Wildman–Crippen LogP) is 2.74. The molecule has 2 rings (SSSR count). The molecule has 2 aromatic rings. The Bertz CT molecular complexity index is 815. The van der Waals surface area contributed by atoms with E-state index in [4.69, 9.17) is 4.74 Å². The van der Waals surface area contributed by atoms with Crippen molar-refractivity contribution in [1.29, 1.82) is 0 Å². The van der Waals surface area contributed by atoms with Gasteiger partial charge in [0.2, 0.25) is 5.13 Å². The molecule has 0 saturated heterocycles. The molecule has 0 saturated carbocycles. The second-order valence-corrected chi connectivity index (χ2v) is 6.70. The van der Waals surface area contributed by atoms with Crippen LogP contribution in [-0.2, 0) is 22.6 Å². The van der Waals surface area contributed by atoms with Crippen LogP contribution in [0.1, 0.15) is 18.2 Å². The van der Waals surface area contributed by atoms with Gasteiger partial charge >= 0.3 is 6.03 Å². The number of urea groups is 1. The molecule has 0 radical (unpaired) electrons. The van der Waals surface area contributed by atoms with Crippen LogP contribution in [0.15, 0.2) is 24.3 Å². The first-order valence-electron chi connectivity index (χ1n) is 8.02. The van der Waals surface area contributed by atoms with Crippen molar-refractivity contribution in [1.82, 2.24) is 15.2 Å². The van der Waals surface area contributed by atoms with Crippen molar-refractivity contribution >= 4 is 28.4 Å². The summed E-state index contributed by atoms with van der Waals surface area (Å²) in [5.74, 6) is -0.713. The van der Waals surface area contributed by atoms with Gasteiger partial charge in [-0.25, -0.2) is 14.2 Å². The molecule has 146 valence electrons. The number of methoxy groups -OCH3 is 1. The Morgan fingerprint density at radius 2 is 2.11 bits per heavy atom. The molecule has 1 aromatic carbocycles. The molecule has 0 aliphatic carbocycles. The summed E-state index contributed by atoms with van der Waals surface area (Å²) in [6.45, 7) is 1.64. The normalized spacial score (nSPS) is 11.7. The maximum Gasteiger partial charge on any atom is 0.321 e. The van der Waals surface area contributed by atoms with Crippen LogP contribution in [0.3, 0.4) is 0 Å². The largest absolute Gasteiger partial charge is 0.372 e. The van der Waals surface area contributed by atoms with Gasteiger partial charge in [-0.05, 0) is 24.6 Å². The molecule has 0 spiro atoms. The van der Waals surface area contributed by atoms with E-state index in [9.17, 15) is 18.4 Å². The van der Waals surface area contributed by atoms with Gasteiger partial charge in [0.15, 0.2) is 5.13 Å². The van der Waals surface area contributed by atoms with Crippen LogP contribution >= 0.6 is 11.3 Å². The number of hydrogen-bond acceptors (Lipinski definition) is 5. The number of carbonyl (C=O) groups excluding carboxylic acids is 2. The molecule has 2 N–H and O–H groups in total. The Kier molecular flexibility index (Phi) is 7.19. The number of amides is 3. The highest BCUT2D eigenvalue weighted by Crippen LogP contribution is 2.22. The summed E-state index contributed by atoms with van der Waals surface area (Å²) in [5.41, 5.74) is 0.628. The number of hydrogen-bond donors (Lipinski definition) is 2. The molecular weight excluding hydrogens is 378 g/mol. The number of halogens is 2. The van der Waals surface area contributed by atoms with Gasteiger partial charge in [-0.15, -0.1) is 0 Å². The van der Waals surface area contributed by atoms with Gasteiger partial charge in [0, 0.05) is 20.7 Å². The highest BCUT2D eigenvalue weighted by atomic mass is 32.1. The third kappa shape index (κ3) is 5.97. The van der Waals surface area contributed by atoms with Crippen LogP contribution in [0.4, 0.5) is 18.7 Å². The van der Waals surface area contributed by atoms with Crippen molar-refractivity contribution in [2.24, 2.45) is 0 Å². The Balaban J connectivity index is 1.91. The van der Waals surface area contributed by atoms with E-state index in [1.54, 1.807) is 13.0 Å². The van der Waals surface area contributed by atoms with Gasteiger partial charge in [0.05, 0.1) is 6.54 Å². The number of benzene rings is 1. The molecule has 27 heavy (non-hydrogen) atoms. The first-order valence-corrected chi connectivity index (χ1v) is 8.84. The molecular formula is C17H20F2N4O3S. The fourth-order valence-electron chi connectivity index (χ4n) is 2.17. The average Bonchev–Trinajstić information content (AvgIpc) is 2.97. The molecule has 1 aromatic heterocycles. The Morgan fingerprint density at radius 1 is 1.37 bits per heavy atom. The SMILES string of the molecule is COC(C)C(=O)N(C)Cc1nc(NC(=O)NCc2cccc(F)c2)sc1F. The van der Waals surface area contributed by atoms with E-state index in [1.165, 1.54) is 37.3 Å². The highest BCUT2D eigenvalue weighted by Gasteiger charge is 2.20. The first kappa shape index (κ1) is 20.7. The summed E-state index contributed by atoms with van der Waals surface area (Å²) in [7, 11) is 2.92. The van der Waals surface area contributed by atoms with E-state index in [1.807, 2.05) is 0 Å². The fraction of sp³-hybridized carbons (Fsp3) is 0.353. The van der Waals surface area contributed by atoms with E-state index in [2.05, 4.69) is 15.6 Å². The summed E-state index contributed by atoms with van der Waals surface area (Å²) < 4.78 is 32.1. The smallest absolute Gasteiger partial charge is 0.321 e. The molecule has 10 heteroatoms. The van der Waals surface area contributed by atoms with Crippen LogP contribution in [0, 0.1) is 10.9 Å². The number of anilines is 1. The third-order valence-corrected chi connectivity index (χ3v) is 4.48. The van der Waals surface area contributed by atoms with Gasteiger partial charge in [-0.3, -0.25) is 10.1 Å². The maximum absolute atomic E-state index is 14.0. The quantitative estimate of drug-likeness (QED) is 0.751. The number of likely N-dealkylation sites (N-methyl/N-ethyl adjacent to an activating group) is 1. The summed E-state index contributed by atoms with van der Waals surface area (Å²) >= 11 is 0.656. The second-order valence-electron chi connectivity index (χ2n) is 5.75. The number of carbonyl (C=O) groups is 2. The van der Waals surface area contributed by atoms with Crippen LogP contribution in [0.2, 0.25) is 0 Å². The third-order valence-electron chi connectivity index (χ3n) is 3.68. The van der Waals surface area contributed by atoms with Crippen molar-refractivity contribution < 1.29 is 23.1 Å². The van der Waals surface area contributed by atoms with Gasteiger partial charge in [-0.1, -0.05) is 23.5 Å². The lowest BCUT2D eigenvalue weighted by Gasteiger charge is -2.19. The minimum Gasteiger partial charge on any atom is -0.372 e. The topological polar surface area (TPSA) is 83.6 Å². The van der Waals surface area contributed by atoms with Crippen LogP contribution < -0.4 is 10.6 Å². The zero-order valence-corrected chi connectivity index (χ0v) is 15.9. The first-order chi connectivity index (χ1) is 12.8. The van der Waals surface area contributed by atoms with Crippen LogP contribution in [-0.4, -0.2) is 42.1 Å². The molecule has 7 nitrogen and oxygen atoms in total. The number of nitrogens with zero attached hydrogens (tertiary/aromatic N) is 2. The van der Waals surface area contributed by atoms with Crippen molar-refractivity contribution in [3.8, 4) is 0 Å². The van der Waals surface area contributed by atoms with Gasteiger partial charge in [0.25, 0.3) is 5.91 Å². The van der Waals surface area contributed by atoms with E-state index in [-0.39, 0.29) is 29.8 Å². The van der Waals surface area contributed by atoms with E-state index >= 15 is 0 Å². The fourth-order valence-corrected chi connectivity index (χ4v) is 2.87. The number of nitrogens with one attached hydrogen (secondary N) is 2. The van der Waals surface area contributed by atoms with Crippen molar-refractivity contribution in [3.05, 3.63) is 46.5 Å².